The average molecular weight is 249 g/mol. The van der Waals surface area contributed by atoms with E-state index in [0.717, 1.165) is 17.7 Å². The van der Waals surface area contributed by atoms with Crippen LogP contribution in [0.1, 0.15) is 18.1 Å². The predicted octanol–water partition coefficient (Wildman–Crippen LogP) is 0.847. The molecule has 0 saturated heterocycles. The van der Waals surface area contributed by atoms with Gasteiger partial charge in [-0.2, -0.15) is 0 Å². The van der Waals surface area contributed by atoms with E-state index in [2.05, 4.69) is 10.2 Å². The summed E-state index contributed by atoms with van der Waals surface area (Å²) in [5, 5.41) is 3.27. The van der Waals surface area contributed by atoms with E-state index in [1.165, 1.54) is 0 Å². The Labute approximate surface area is 109 Å². The zero-order chi connectivity index (χ0) is 13.8. The van der Waals surface area contributed by atoms with Crippen molar-refractivity contribution < 1.29 is 4.79 Å². The molecule has 1 rings (SSSR count). The van der Waals surface area contributed by atoms with Crippen molar-refractivity contribution in [2.24, 2.45) is 5.73 Å². The molecule has 0 spiro atoms. The summed E-state index contributed by atoms with van der Waals surface area (Å²) < 4.78 is 0. The molecule has 0 aliphatic carbocycles. The summed E-state index contributed by atoms with van der Waals surface area (Å²) in [5.74, 6) is -0.351. The van der Waals surface area contributed by atoms with E-state index in [1.807, 2.05) is 52.2 Å². The normalized spacial score (nSPS) is 14.5. The number of hydrogen-bond acceptors (Lipinski definition) is 3. The number of aryl methyl sites for hydroxylation is 1. The summed E-state index contributed by atoms with van der Waals surface area (Å²) in [5.41, 5.74) is 6.76. The van der Waals surface area contributed by atoms with Crippen molar-refractivity contribution in [2.75, 3.05) is 27.2 Å². The van der Waals surface area contributed by atoms with Crippen LogP contribution in [0, 0.1) is 6.92 Å². The molecule has 4 heteroatoms. The first-order valence-corrected chi connectivity index (χ1v) is 6.13. The summed E-state index contributed by atoms with van der Waals surface area (Å²) in [6, 6.07) is 7.82. The summed E-state index contributed by atoms with van der Waals surface area (Å²) in [6.07, 6.45) is 0. The summed E-state index contributed by atoms with van der Waals surface area (Å²) in [7, 11) is 3.99. The second-order valence-electron chi connectivity index (χ2n) is 5.03. The molecule has 0 fully saturated rings. The topological polar surface area (TPSA) is 58.4 Å². The van der Waals surface area contributed by atoms with E-state index in [9.17, 15) is 4.79 Å². The lowest BCUT2D eigenvalue weighted by molar-refractivity contribution is -0.124. The molecule has 0 aliphatic heterocycles. The number of amides is 1. The predicted molar refractivity (Wildman–Crippen MR) is 74.3 cm³/mol. The zero-order valence-corrected chi connectivity index (χ0v) is 11.7. The molecule has 0 radical (unpaired) electrons. The third-order valence-electron chi connectivity index (χ3n) is 3.21. The molecule has 3 N–H and O–H groups in total. The standard InChI is InChI=1S/C14H23N3O/c1-11-7-5-6-8-12(11)14(2,13(15)18)16-9-10-17(3)4/h5-8,16H,9-10H2,1-4H3,(H2,15,18). The largest absolute Gasteiger partial charge is 0.368 e. The molecule has 0 heterocycles. The van der Waals surface area contributed by atoms with Crippen LogP contribution in [-0.4, -0.2) is 38.0 Å². The Morgan fingerprint density at radius 2 is 2.00 bits per heavy atom. The first-order valence-electron chi connectivity index (χ1n) is 6.13. The van der Waals surface area contributed by atoms with Crippen molar-refractivity contribution in [1.29, 1.82) is 0 Å². The quantitative estimate of drug-likeness (QED) is 0.785. The first-order chi connectivity index (χ1) is 8.38. The number of carbonyl (C=O) groups is 1. The lowest BCUT2D eigenvalue weighted by Crippen LogP contribution is -2.52. The van der Waals surface area contributed by atoms with E-state index in [1.54, 1.807) is 0 Å². The Bertz CT molecular complexity index is 417. The summed E-state index contributed by atoms with van der Waals surface area (Å²) >= 11 is 0. The average Bonchev–Trinajstić information content (AvgIpc) is 2.28. The number of rotatable bonds is 6. The monoisotopic (exact) mass is 249 g/mol. The molecule has 0 aromatic heterocycles. The summed E-state index contributed by atoms with van der Waals surface area (Å²) in [6.45, 7) is 5.40. The zero-order valence-electron chi connectivity index (χ0n) is 11.7. The second-order valence-corrected chi connectivity index (χ2v) is 5.03. The molecular weight excluding hydrogens is 226 g/mol. The number of hydrogen-bond donors (Lipinski definition) is 2. The molecular formula is C14H23N3O. The van der Waals surface area contributed by atoms with Gasteiger partial charge in [-0.3, -0.25) is 10.1 Å². The number of primary amides is 1. The Hall–Kier alpha value is -1.39. The fourth-order valence-electron chi connectivity index (χ4n) is 1.98. The molecule has 1 unspecified atom stereocenters. The van der Waals surface area contributed by atoms with Gasteiger partial charge in [-0.15, -0.1) is 0 Å². The van der Waals surface area contributed by atoms with Gasteiger partial charge in [-0.05, 0) is 39.1 Å². The van der Waals surface area contributed by atoms with E-state index in [0.29, 0.717) is 6.54 Å². The molecule has 1 atom stereocenters. The van der Waals surface area contributed by atoms with Gasteiger partial charge in [0.05, 0.1) is 0 Å². The van der Waals surface area contributed by atoms with Crippen LogP contribution in [0.5, 0.6) is 0 Å². The molecule has 18 heavy (non-hydrogen) atoms. The minimum Gasteiger partial charge on any atom is -0.368 e. The van der Waals surface area contributed by atoms with Gasteiger partial charge in [-0.1, -0.05) is 24.3 Å². The van der Waals surface area contributed by atoms with Crippen molar-refractivity contribution >= 4 is 5.91 Å². The fraction of sp³-hybridized carbons (Fsp3) is 0.500. The Morgan fingerprint density at radius 3 is 2.50 bits per heavy atom. The van der Waals surface area contributed by atoms with Gasteiger partial charge in [0.15, 0.2) is 0 Å². The maximum Gasteiger partial charge on any atom is 0.242 e. The van der Waals surface area contributed by atoms with Gasteiger partial charge >= 0.3 is 0 Å². The number of carbonyl (C=O) groups excluding carboxylic acids is 1. The highest BCUT2D eigenvalue weighted by Gasteiger charge is 2.33. The third kappa shape index (κ3) is 3.31. The SMILES string of the molecule is Cc1ccccc1C(C)(NCCN(C)C)C(N)=O. The molecule has 1 amide bonds. The van der Waals surface area contributed by atoms with E-state index < -0.39 is 5.54 Å². The smallest absolute Gasteiger partial charge is 0.242 e. The highest BCUT2D eigenvalue weighted by Crippen LogP contribution is 2.23. The second kappa shape index (κ2) is 5.98. The lowest BCUT2D eigenvalue weighted by atomic mass is 9.88. The minimum atomic E-state index is -0.818. The van der Waals surface area contributed by atoms with Gasteiger partial charge in [0, 0.05) is 13.1 Å². The van der Waals surface area contributed by atoms with Gasteiger partial charge < -0.3 is 10.6 Å². The molecule has 0 saturated carbocycles. The van der Waals surface area contributed by atoms with E-state index in [-0.39, 0.29) is 5.91 Å². The Morgan fingerprint density at radius 1 is 1.39 bits per heavy atom. The van der Waals surface area contributed by atoms with Crippen molar-refractivity contribution in [1.82, 2.24) is 10.2 Å². The highest BCUT2D eigenvalue weighted by atomic mass is 16.1. The van der Waals surface area contributed by atoms with Gasteiger partial charge in [0.25, 0.3) is 0 Å². The maximum absolute atomic E-state index is 11.8. The van der Waals surface area contributed by atoms with Crippen molar-refractivity contribution in [3.63, 3.8) is 0 Å². The molecule has 1 aromatic carbocycles. The van der Waals surface area contributed by atoms with Crippen LogP contribution in [0.3, 0.4) is 0 Å². The van der Waals surface area contributed by atoms with Crippen LogP contribution in [0.25, 0.3) is 0 Å². The van der Waals surface area contributed by atoms with Crippen molar-refractivity contribution in [3.05, 3.63) is 35.4 Å². The molecule has 4 nitrogen and oxygen atoms in total. The molecule has 100 valence electrons. The fourth-order valence-corrected chi connectivity index (χ4v) is 1.98. The van der Waals surface area contributed by atoms with Crippen LogP contribution < -0.4 is 11.1 Å². The number of benzene rings is 1. The van der Waals surface area contributed by atoms with Crippen LogP contribution in [0.4, 0.5) is 0 Å². The maximum atomic E-state index is 11.8. The minimum absolute atomic E-state index is 0.351. The van der Waals surface area contributed by atoms with Crippen LogP contribution in [0.15, 0.2) is 24.3 Å². The summed E-state index contributed by atoms with van der Waals surface area (Å²) in [4.78, 5) is 13.9. The molecule has 1 aromatic rings. The van der Waals surface area contributed by atoms with Gasteiger partial charge in [0.2, 0.25) is 5.91 Å². The third-order valence-corrected chi connectivity index (χ3v) is 3.21. The van der Waals surface area contributed by atoms with Crippen LogP contribution in [-0.2, 0) is 10.3 Å². The first kappa shape index (κ1) is 14.7. The van der Waals surface area contributed by atoms with Crippen molar-refractivity contribution in [2.45, 2.75) is 19.4 Å². The Balaban J connectivity index is 2.94. The van der Waals surface area contributed by atoms with Gasteiger partial charge in [-0.25, -0.2) is 0 Å². The number of nitrogens with zero attached hydrogens (tertiary/aromatic N) is 1. The Kier molecular flexibility index (Phi) is 4.87. The molecule has 0 bridgehead atoms. The van der Waals surface area contributed by atoms with Crippen LogP contribution in [0.2, 0.25) is 0 Å². The van der Waals surface area contributed by atoms with Crippen LogP contribution >= 0.6 is 0 Å². The number of likely N-dealkylation sites (N-methyl/N-ethyl adjacent to an activating group) is 1. The highest BCUT2D eigenvalue weighted by molar-refractivity contribution is 5.86. The number of nitrogens with two attached hydrogens (primary N) is 1. The lowest BCUT2D eigenvalue weighted by Gasteiger charge is -2.30. The number of nitrogens with one attached hydrogen (secondary N) is 1. The van der Waals surface area contributed by atoms with Crippen molar-refractivity contribution in [3.8, 4) is 0 Å². The molecule has 0 aliphatic rings. The van der Waals surface area contributed by atoms with Gasteiger partial charge in [0.1, 0.15) is 5.54 Å². The van der Waals surface area contributed by atoms with E-state index >= 15 is 0 Å². The van der Waals surface area contributed by atoms with E-state index in [4.69, 9.17) is 5.73 Å².